The average Bonchev–Trinajstić information content (AvgIpc) is 2.62. The van der Waals surface area contributed by atoms with Gasteiger partial charge in [0.15, 0.2) is 0 Å². The summed E-state index contributed by atoms with van der Waals surface area (Å²) in [6, 6.07) is 13.9. The van der Waals surface area contributed by atoms with E-state index < -0.39 is 6.10 Å². The third-order valence-corrected chi connectivity index (χ3v) is 5.03. The van der Waals surface area contributed by atoms with E-state index in [1.54, 1.807) is 0 Å². The molecule has 4 heteroatoms. The van der Waals surface area contributed by atoms with Crippen LogP contribution in [0.3, 0.4) is 0 Å². The number of benzene rings is 2. The topological polar surface area (TPSA) is 73.5 Å². The summed E-state index contributed by atoms with van der Waals surface area (Å²) in [5.41, 5.74) is 4.37. The van der Waals surface area contributed by atoms with E-state index in [1.807, 2.05) is 13.0 Å². The van der Waals surface area contributed by atoms with E-state index in [4.69, 9.17) is 4.74 Å². The Labute approximate surface area is 154 Å². The predicted octanol–water partition coefficient (Wildman–Crippen LogP) is 4.02. The first-order valence-corrected chi connectivity index (χ1v) is 9.17. The minimum atomic E-state index is -0.441. The third-order valence-electron chi connectivity index (χ3n) is 5.03. The Balaban J connectivity index is 1.92. The van der Waals surface area contributed by atoms with Crippen molar-refractivity contribution in [2.24, 2.45) is 0 Å². The van der Waals surface area contributed by atoms with Crippen LogP contribution in [0.2, 0.25) is 0 Å². The molecule has 2 aromatic carbocycles. The average molecular weight is 351 g/mol. The molecule has 1 aliphatic rings. The van der Waals surface area contributed by atoms with Crippen molar-refractivity contribution in [1.29, 1.82) is 5.26 Å². The van der Waals surface area contributed by atoms with Gasteiger partial charge in [0.25, 0.3) is 0 Å². The number of nitriles is 1. The van der Waals surface area contributed by atoms with Crippen LogP contribution >= 0.6 is 0 Å². The number of ether oxygens (including phenoxy) is 1. The summed E-state index contributed by atoms with van der Waals surface area (Å²) < 4.78 is 5.93. The Morgan fingerprint density at radius 3 is 2.46 bits per heavy atom. The number of nitrogens with zero attached hydrogens (tertiary/aromatic N) is 1. The van der Waals surface area contributed by atoms with Crippen LogP contribution in [0.4, 0.5) is 0 Å². The lowest BCUT2D eigenvalue weighted by Gasteiger charge is -2.32. The molecule has 0 bridgehead atoms. The van der Waals surface area contributed by atoms with Crippen LogP contribution < -0.4 is 0 Å². The van der Waals surface area contributed by atoms with E-state index in [9.17, 15) is 15.5 Å². The normalized spacial score (nSPS) is 22.8. The van der Waals surface area contributed by atoms with Gasteiger partial charge >= 0.3 is 0 Å². The molecular formula is C22H25NO3. The van der Waals surface area contributed by atoms with Crippen molar-refractivity contribution < 1.29 is 14.9 Å². The Hall–Kier alpha value is -2.35. The number of aliphatic hydroxyl groups is 1. The zero-order chi connectivity index (χ0) is 18.7. The maximum atomic E-state index is 10.4. The number of aliphatic hydroxyl groups excluding tert-OH is 1. The second-order valence-corrected chi connectivity index (χ2v) is 7.09. The van der Waals surface area contributed by atoms with Gasteiger partial charge in [-0.2, -0.15) is 5.26 Å². The van der Waals surface area contributed by atoms with Gasteiger partial charge in [-0.05, 0) is 55.0 Å². The number of phenolic OH excluding ortho intramolecular Hbond substituents is 1. The summed E-state index contributed by atoms with van der Waals surface area (Å²) in [5.74, 6) is 0.0536. The number of aromatic hydroxyl groups is 1. The van der Waals surface area contributed by atoms with Gasteiger partial charge in [0.05, 0.1) is 29.9 Å². The van der Waals surface area contributed by atoms with Gasteiger partial charge in [-0.15, -0.1) is 0 Å². The molecule has 3 unspecified atom stereocenters. The molecule has 1 heterocycles. The molecule has 3 atom stereocenters. The fourth-order valence-electron chi connectivity index (χ4n) is 3.59. The molecule has 4 nitrogen and oxygen atoms in total. The summed E-state index contributed by atoms with van der Waals surface area (Å²) in [6.45, 7) is 4.04. The van der Waals surface area contributed by atoms with Crippen LogP contribution in [0.15, 0.2) is 36.4 Å². The van der Waals surface area contributed by atoms with E-state index >= 15 is 0 Å². The van der Waals surface area contributed by atoms with Gasteiger partial charge in [-0.25, -0.2) is 0 Å². The van der Waals surface area contributed by atoms with E-state index in [1.165, 1.54) is 11.6 Å². The minimum Gasteiger partial charge on any atom is -0.508 e. The van der Waals surface area contributed by atoms with Gasteiger partial charge in [-0.3, -0.25) is 0 Å². The quantitative estimate of drug-likeness (QED) is 0.872. The minimum absolute atomic E-state index is 0.0536. The number of rotatable bonds is 4. The first-order chi connectivity index (χ1) is 12.5. The van der Waals surface area contributed by atoms with Crippen LogP contribution in [0.1, 0.15) is 60.6 Å². The lowest BCUT2D eigenvalue weighted by atomic mass is 9.91. The zero-order valence-electron chi connectivity index (χ0n) is 15.3. The summed E-state index contributed by atoms with van der Waals surface area (Å²) in [6.07, 6.45) is 1.80. The SMILES string of the molecule is CCc1ccc(Cc2cc(C3CC(O)CC(C)O3)c(O)cc2C#N)cc1. The van der Waals surface area contributed by atoms with Crippen LogP contribution in [0.5, 0.6) is 5.75 Å². The van der Waals surface area contributed by atoms with Crippen molar-refractivity contribution in [3.63, 3.8) is 0 Å². The first-order valence-electron chi connectivity index (χ1n) is 9.17. The van der Waals surface area contributed by atoms with Crippen molar-refractivity contribution in [3.8, 4) is 11.8 Å². The highest BCUT2D eigenvalue weighted by atomic mass is 16.5. The molecule has 0 aliphatic carbocycles. The highest BCUT2D eigenvalue weighted by Gasteiger charge is 2.29. The van der Waals surface area contributed by atoms with E-state index in [2.05, 4.69) is 37.3 Å². The molecule has 1 saturated heterocycles. The smallest absolute Gasteiger partial charge is 0.122 e. The van der Waals surface area contributed by atoms with Gasteiger partial charge in [0, 0.05) is 12.0 Å². The summed E-state index contributed by atoms with van der Waals surface area (Å²) in [4.78, 5) is 0. The molecule has 0 aromatic heterocycles. The zero-order valence-corrected chi connectivity index (χ0v) is 15.3. The van der Waals surface area contributed by atoms with Gasteiger partial charge in [0.1, 0.15) is 5.75 Å². The van der Waals surface area contributed by atoms with Gasteiger partial charge in [0.2, 0.25) is 0 Å². The standard InChI is InChI=1S/C22H25NO3/c1-3-15-4-6-16(7-5-15)9-17-10-20(21(25)11-18(17)13-23)22-12-19(24)8-14(2)26-22/h4-7,10-11,14,19,22,24-25H,3,8-9,12H2,1-2H3. The van der Waals surface area contributed by atoms with Crippen molar-refractivity contribution in [2.45, 2.75) is 57.8 Å². The highest BCUT2D eigenvalue weighted by molar-refractivity contribution is 5.50. The molecule has 0 radical (unpaired) electrons. The fourth-order valence-corrected chi connectivity index (χ4v) is 3.59. The molecule has 0 saturated carbocycles. The number of hydrogen-bond donors (Lipinski definition) is 2. The van der Waals surface area contributed by atoms with E-state index in [0.29, 0.717) is 30.4 Å². The molecular weight excluding hydrogens is 326 g/mol. The second kappa shape index (κ2) is 7.90. The Morgan fingerprint density at radius 2 is 1.85 bits per heavy atom. The molecule has 1 fully saturated rings. The van der Waals surface area contributed by atoms with Gasteiger partial charge in [-0.1, -0.05) is 31.2 Å². The molecule has 1 aliphatic heterocycles. The number of hydrogen-bond acceptors (Lipinski definition) is 4. The predicted molar refractivity (Wildman–Crippen MR) is 100.0 cm³/mol. The van der Waals surface area contributed by atoms with Crippen molar-refractivity contribution >= 4 is 0 Å². The van der Waals surface area contributed by atoms with Crippen molar-refractivity contribution in [2.75, 3.05) is 0 Å². The molecule has 136 valence electrons. The van der Waals surface area contributed by atoms with Gasteiger partial charge < -0.3 is 14.9 Å². The van der Waals surface area contributed by atoms with Crippen molar-refractivity contribution in [3.05, 3.63) is 64.2 Å². The Bertz CT molecular complexity index is 797. The number of aryl methyl sites for hydroxylation is 1. The first kappa shape index (κ1) is 18.4. The second-order valence-electron chi connectivity index (χ2n) is 7.09. The maximum absolute atomic E-state index is 10.4. The summed E-state index contributed by atoms with van der Waals surface area (Å²) >= 11 is 0. The van der Waals surface area contributed by atoms with E-state index in [0.717, 1.165) is 17.5 Å². The lowest BCUT2D eigenvalue weighted by Crippen LogP contribution is -2.29. The van der Waals surface area contributed by atoms with Crippen LogP contribution in [-0.4, -0.2) is 22.4 Å². The fraction of sp³-hybridized carbons (Fsp3) is 0.409. The molecule has 2 aromatic rings. The van der Waals surface area contributed by atoms with Crippen LogP contribution in [0.25, 0.3) is 0 Å². The van der Waals surface area contributed by atoms with Crippen LogP contribution in [0, 0.1) is 11.3 Å². The largest absolute Gasteiger partial charge is 0.508 e. The molecule has 2 N–H and O–H groups in total. The van der Waals surface area contributed by atoms with Crippen LogP contribution in [-0.2, 0) is 17.6 Å². The summed E-state index contributed by atoms with van der Waals surface area (Å²) in [5, 5.41) is 29.9. The Morgan fingerprint density at radius 1 is 1.15 bits per heavy atom. The third kappa shape index (κ3) is 4.07. The molecule has 3 rings (SSSR count). The summed E-state index contributed by atoms with van der Waals surface area (Å²) in [7, 11) is 0. The lowest BCUT2D eigenvalue weighted by molar-refractivity contribution is -0.0901. The molecule has 26 heavy (non-hydrogen) atoms. The van der Waals surface area contributed by atoms with E-state index in [-0.39, 0.29) is 18.0 Å². The molecule has 0 spiro atoms. The molecule has 0 amide bonds. The monoisotopic (exact) mass is 351 g/mol. The number of phenols is 1. The Kier molecular flexibility index (Phi) is 5.61. The van der Waals surface area contributed by atoms with Crippen molar-refractivity contribution in [1.82, 2.24) is 0 Å². The highest BCUT2D eigenvalue weighted by Crippen LogP contribution is 2.37. The maximum Gasteiger partial charge on any atom is 0.122 e.